The number of nitriles is 1. The zero-order valence-electron chi connectivity index (χ0n) is 17.9. The summed E-state index contributed by atoms with van der Waals surface area (Å²) in [4.78, 5) is 20.7. The van der Waals surface area contributed by atoms with Crippen molar-refractivity contribution in [3.63, 3.8) is 0 Å². The highest BCUT2D eigenvalue weighted by atomic mass is 79.9. The van der Waals surface area contributed by atoms with Crippen molar-refractivity contribution in [3.05, 3.63) is 102 Å². The van der Waals surface area contributed by atoms with Crippen molar-refractivity contribution in [2.75, 3.05) is 6.61 Å². The number of rotatable bonds is 9. The number of halogens is 1. The number of nitro benzene ring substituents is 2. The molecule has 172 valence electrons. The van der Waals surface area contributed by atoms with Gasteiger partial charge in [0, 0.05) is 24.3 Å². The average molecular weight is 524 g/mol. The molecule has 0 bridgehead atoms. The lowest BCUT2D eigenvalue weighted by molar-refractivity contribution is -0.385. The molecule has 0 atom stereocenters. The van der Waals surface area contributed by atoms with Crippen molar-refractivity contribution >= 4 is 39.0 Å². The third-order valence-electron chi connectivity index (χ3n) is 4.68. The Bertz CT molecular complexity index is 1280. The van der Waals surface area contributed by atoms with E-state index in [1.165, 1.54) is 36.4 Å². The van der Waals surface area contributed by atoms with Gasteiger partial charge in [-0.2, -0.15) is 5.26 Å². The molecule has 10 heteroatoms. The fourth-order valence-corrected chi connectivity index (χ4v) is 3.63. The lowest BCUT2D eigenvalue weighted by Crippen LogP contribution is -2.01. The van der Waals surface area contributed by atoms with Gasteiger partial charge in [-0.25, -0.2) is 0 Å². The van der Waals surface area contributed by atoms with Crippen LogP contribution in [-0.4, -0.2) is 16.5 Å². The van der Waals surface area contributed by atoms with Gasteiger partial charge in [-0.05, 0) is 82.0 Å². The van der Waals surface area contributed by atoms with Gasteiger partial charge in [-0.1, -0.05) is 0 Å². The lowest BCUT2D eigenvalue weighted by atomic mass is 10.0. The van der Waals surface area contributed by atoms with Gasteiger partial charge in [-0.3, -0.25) is 20.2 Å². The molecule has 3 aromatic carbocycles. The molecule has 0 N–H and O–H groups in total. The Labute approximate surface area is 203 Å². The van der Waals surface area contributed by atoms with Crippen molar-refractivity contribution in [2.45, 2.75) is 13.5 Å². The molecule has 0 unspecified atom stereocenters. The van der Waals surface area contributed by atoms with E-state index in [0.29, 0.717) is 39.3 Å². The number of allylic oxidation sites excluding steroid dienone is 1. The van der Waals surface area contributed by atoms with E-state index in [2.05, 4.69) is 22.0 Å². The van der Waals surface area contributed by atoms with Crippen molar-refractivity contribution in [1.82, 2.24) is 0 Å². The van der Waals surface area contributed by atoms with E-state index in [0.717, 1.165) is 5.56 Å². The molecular formula is C24H18BrN3O6. The zero-order chi connectivity index (χ0) is 24.7. The smallest absolute Gasteiger partial charge is 0.269 e. The highest BCUT2D eigenvalue weighted by Crippen LogP contribution is 2.38. The Hall–Kier alpha value is -4.23. The van der Waals surface area contributed by atoms with E-state index in [4.69, 9.17) is 9.47 Å². The molecule has 0 aromatic heterocycles. The number of benzene rings is 3. The van der Waals surface area contributed by atoms with E-state index >= 15 is 0 Å². The van der Waals surface area contributed by atoms with Gasteiger partial charge in [0.15, 0.2) is 11.5 Å². The summed E-state index contributed by atoms with van der Waals surface area (Å²) in [7, 11) is 0. The van der Waals surface area contributed by atoms with Crippen LogP contribution in [0, 0.1) is 31.6 Å². The summed E-state index contributed by atoms with van der Waals surface area (Å²) < 4.78 is 12.2. The largest absolute Gasteiger partial charge is 0.490 e. The molecule has 0 aliphatic heterocycles. The van der Waals surface area contributed by atoms with E-state index in [9.17, 15) is 25.5 Å². The van der Waals surface area contributed by atoms with Crippen LogP contribution in [0.3, 0.4) is 0 Å². The second-order valence-electron chi connectivity index (χ2n) is 6.95. The highest BCUT2D eigenvalue weighted by molar-refractivity contribution is 9.10. The Balaban J connectivity index is 1.87. The van der Waals surface area contributed by atoms with Gasteiger partial charge in [0.05, 0.1) is 32.6 Å². The van der Waals surface area contributed by atoms with Crippen molar-refractivity contribution in [1.29, 1.82) is 5.26 Å². The van der Waals surface area contributed by atoms with Crippen LogP contribution >= 0.6 is 15.9 Å². The first kappa shape index (κ1) is 24.4. The molecular weight excluding hydrogens is 506 g/mol. The molecule has 3 rings (SSSR count). The molecule has 0 amide bonds. The Morgan fingerprint density at radius 2 is 1.59 bits per heavy atom. The SMILES string of the molecule is CCOc1cc(/C=C(/C#N)c2ccc([N+](=O)[O-])cc2)cc(Br)c1OCc1ccc([N+](=O)[O-])cc1. The van der Waals surface area contributed by atoms with Crippen LogP contribution in [0.2, 0.25) is 0 Å². The summed E-state index contributed by atoms with van der Waals surface area (Å²) in [5, 5.41) is 31.3. The van der Waals surface area contributed by atoms with E-state index in [1.807, 2.05) is 6.92 Å². The normalized spacial score (nSPS) is 10.9. The quantitative estimate of drug-likeness (QED) is 0.139. The number of hydrogen-bond acceptors (Lipinski definition) is 7. The van der Waals surface area contributed by atoms with Crippen LogP contribution in [0.5, 0.6) is 11.5 Å². The molecule has 0 heterocycles. The van der Waals surface area contributed by atoms with Crippen LogP contribution in [0.1, 0.15) is 23.6 Å². The summed E-state index contributed by atoms with van der Waals surface area (Å²) in [5.74, 6) is 0.900. The maximum Gasteiger partial charge on any atom is 0.269 e. The number of non-ortho nitro benzene ring substituents is 2. The predicted octanol–water partition coefficient (Wildman–Crippen LogP) is 6.31. The van der Waals surface area contributed by atoms with Gasteiger partial charge in [0.1, 0.15) is 6.61 Å². The second-order valence-corrected chi connectivity index (χ2v) is 7.80. The van der Waals surface area contributed by atoms with Gasteiger partial charge >= 0.3 is 0 Å². The van der Waals surface area contributed by atoms with Gasteiger partial charge in [0.2, 0.25) is 0 Å². The standard InChI is InChI=1S/C24H18BrN3O6/c1-2-33-23-13-17(11-19(14-26)18-5-9-21(10-6-18)28(31)32)12-22(25)24(23)34-15-16-3-7-20(8-4-16)27(29)30/h3-13H,2,15H2,1H3/b19-11-. The summed E-state index contributed by atoms with van der Waals surface area (Å²) in [6.45, 7) is 2.37. The van der Waals surface area contributed by atoms with Crippen molar-refractivity contribution in [2.24, 2.45) is 0 Å². The monoisotopic (exact) mass is 523 g/mol. The molecule has 0 radical (unpaired) electrons. The minimum atomic E-state index is -0.500. The molecule has 0 saturated carbocycles. The fourth-order valence-electron chi connectivity index (χ4n) is 3.05. The van der Waals surface area contributed by atoms with Crippen molar-refractivity contribution < 1.29 is 19.3 Å². The van der Waals surface area contributed by atoms with Gasteiger partial charge < -0.3 is 9.47 Å². The first-order chi connectivity index (χ1) is 16.3. The van der Waals surface area contributed by atoms with E-state index in [-0.39, 0.29) is 18.0 Å². The number of ether oxygens (including phenoxy) is 2. The Kier molecular flexibility index (Phi) is 7.95. The third kappa shape index (κ3) is 5.96. The molecule has 34 heavy (non-hydrogen) atoms. The van der Waals surface area contributed by atoms with Crippen LogP contribution in [-0.2, 0) is 6.61 Å². The minimum Gasteiger partial charge on any atom is -0.490 e. The van der Waals surface area contributed by atoms with E-state index < -0.39 is 9.85 Å². The molecule has 0 fully saturated rings. The minimum absolute atomic E-state index is 0.00241. The Morgan fingerprint density at radius 3 is 2.12 bits per heavy atom. The molecule has 0 aliphatic rings. The van der Waals surface area contributed by atoms with Gasteiger partial charge in [-0.15, -0.1) is 0 Å². The summed E-state index contributed by atoms with van der Waals surface area (Å²) in [6.07, 6.45) is 1.65. The zero-order valence-corrected chi connectivity index (χ0v) is 19.5. The first-order valence-corrected chi connectivity index (χ1v) is 10.8. The van der Waals surface area contributed by atoms with Crippen LogP contribution < -0.4 is 9.47 Å². The summed E-state index contributed by atoms with van der Waals surface area (Å²) >= 11 is 3.48. The molecule has 3 aromatic rings. The van der Waals surface area contributed by atoms with Crippen LogP contribution in [0.15, 0.2) is 65.1 Å². The Morgan fingerprint density at radius 1 is 1.00 bits per heavy atom. The summed E-state index contributed by atoms with van der Waals surface area (Å²) in [6, 6.07) is 17.4. The second kappa shape index (κ2) is 11.1. The third-order valence-corrected chi connectivity index (χ3v) is 5.27. The number of nitro groups is 2. The topological polar surface area (TPSA) is 129 Å². The molecule has 0 aliphatic carbocycles. The molecule has 9 nitrogen and oxygen atoms in total. The highest BCUT2D eigenvalue weighted by Gasteiger charge is 2.14. The molecule has 0 saturated heterocycles. The maximum absolute atomic E-state index is 10.9. The average Bonchev–Trinajstić information content (AvgIpc) is 2.82. The van der Waals surface area contributed by atoms with E-state index in [1.54, 1.807) is 30.3 Å². The predicted molar refractivity (Wildman–Crippen MR) is 129 cm³/mol. The first-order valence-electron chi connectivity index (χ1n) is 10.0. The summed E-state index contributed by atoms with van der Waals surface area (Å²) in [5.41, 5.74) is 2.21. The number of hydrogen-bond donors (Lipinski definition) is 0. The fraction of sp³-hybridized carbons (Fsp3) is 0.125. The van der Waals surface area contributed by atoms with Crippen molar-refractivity contribution in [3.8, 4) is 17.6 Å². The number of nitrogens with zero attached hydrogens (tertiary/aromatic N) is 3. The maximum atomic E-state index is 10.9. The molecule has 0 spiro atoms. The lowest BCUT2D eigenvalue weighted by Gasteiger charge is -2.15. The van der Waals surface area contributed by atoms with Crippen LogP contribution in [0.4, 0.5) is 11.4 Å². The van der Waals surface area contributed by atoms with Crippen LogP contribution in [0.25, 0.3) is 11.6 Å². The van der Waals surface area contributed by atoms with Gasteiger partial charge in [0.25, 0.3) is 11.4 Å².